The van der Waals surface area contributed by atoms with Gasteiger partial charge in [0.1, 0.15) is 0 Å². The SMILES string of the molecule is CCCc1ccc2c(c1)[C]CCC2. The quantitative estimate of drug-likeness (QED) is 0.641. The number of aryl methyl sites for hydroxylation is 2. The molecule has 2 rings (SSSR count). The van der Waals surface area contributed by atoms with Crippen LogP contribution in [0.5, 0.6) is 0 Å². The van der Waals surface area contributed by atoms with Crippen molar-refractivity contribution < 1.29 is 0 Å². The van der Waals surface area contributed by atoms with Crippen molar-refractivity contribution >= 4 is 0 Å². The zero-order valence-corrected chi connectivity index (χ0v) is 8.27. The van der Waals surface area contributed by atoms with Crippen molar-refractivity contribution in [2.45, 2.75) is 39.0 Å². The van der Waals surface area contributed by atoms with Crippen LogP contribution in [0.15, 0.2) is 18.2 Å². The van der Waals surface area contributed by atoms with Gasteiger partial charge in [-0.2, -0.15) is 0 Å². The highest BCUT2D eigenvalue weighted by molar-refractivity contribution is 5.38. The minimum atomic E-state index is 1.14. The summed E-state index contributed by atoms with van der Waals surface area (Å²) in [6.45, 7) is 2.23. The number of rotatable bonds is 2. The van der Waals surface area contributed by atoms with Gasteiger partial charge in [0.15, 0.2) is 0 Å². The Hall–Kier alpha value is -0.780. The van der Waals surface area contributed by atoms with E-state index in [0.717, 1.165) is 6.42 Å². The van der Waals surface area contributed by atoms with Gasteiger partial charge in [0.05, 0.1) is 0 Å². The molecule has 0 nitrogen and oxygen atoms in total. The summed E-state index contributed by atoms with van der Waals surface area (Å²) < 4.78 is 0. The molecule has 1 aromatic carbocycles. The average Bonchev–Trinajstić information content (AvgIpc) is 2.18. The van der Waals surface area contributed by atoms with Crippen LogP contribution in [0.2, 0.25) is 0 Å². The van der Waals surface area contributed by atoms with E-state index in [4.69, 9.17) is 0 Å². The Kier molecular flexibility index (Phi) is 2.68. The van der Waals surface area contributed by atoms with E-state index in [-0.39, 0.29) is 0 Å². The van der Waals surface area contributed by atoms with Crippen molar-refractivity contribution in [3.05, 3.63) is 41.3 Å². The average molecular weight is 172 g/mol. The molecule has 0 aromatic heterocycles. The number of benzene rings is 1. The molecule has 1 aliphatic carbocycles. The molecule has 0 saturated carbocycles. The van der Waals surface area contributed by atoms with Crippen LogP contribution >= 0.6 is 0 Å². The van der Waals surface area contributed by atoms with E-state index in [2.05, 4.69) is 31.5 Å². The molecule has 2 radical (unpaired) electrons. The highest BCUT2D eigenvalue weighted by Crippen LogP contribution is 2.23. The summed E-state index contributed by atoms with van der Waals surface area (Å²) in [6.07, 6.45) is 9.56. The van der Waals surface area contributed by atoms with Crippen molar-refractivity contribution in [1.82, 2.24) is 0 Å². The van der Waals surface area contributed by atoms with Crippen LogP contribution in [0, 0.1) is 6.42 Å². The van der Waals surface area contributed by atoms with Gasteiger partial charge in [-0.1, -0.05) is 31.5 Å². The van der Waals surface area contributed by atoms with E-state index < -0.39 is 0 Å². The van der Waals surface area contributed by atoms with Crippen LogP contribution < -0.4 is 0 Å². The van der Waals surface area contributed by atoms with Crippen LogP contribution in [0.4, 0.5) is 0 Å². The maximum Gasteiger partial charge on any atom is 0.0167 e. The Morgan fingerprint density at radius 3 is 3.15 bits per heavy atom. The molecule has 0 aliphatic heterocycles. The third-order valence-electron chi connectivity index (χ3n) is 2.65. The first-order valence-corrected chi connectivity index (χ1v) is 5.26. The third kappa shape index (κ3) is 1.93. The second-order valence-electron chi connectivity index (χ2n) is 3.77. The van der Waals surface area contributed by atoms with Gasteiger partial charge < -0.3 is 0 Å². The first-order chi connectivity index (χ1) is 6.40. The maximum absolute atomic E-state index is 3.46. The van der Waals surface area contributed by atoms with E-state index >= 15 is 0 Å². The number of fused-ring (bicyclic) bond motifs is 1. The van der Waals surface area contributed by atoms with Gasteiger partial charge in [0.2, 0.25) is 0 Å². The first kappa shape index (κ1) is 8.80. The first-order valence-electron chi connectivity index (χ1n) is 5.26. The molecule has 0 heteroatoms. The summed E-state index contributed by atoms with van der Waals surface area (Å²) in [7, 11) is 0. The fourth-order valence-electron chi connectivity index (χ4n) is 1.95. The molecule has 1 aromatic rings. The Balaban J connectivity index is 2.24. The lowest BCUT2D eigenvalue weighted by atomic mass is 9.90. The smallest absolute Gasteiger partial charge is 0.0167 e. The Morgan fingerprint density at radius 1 is 1.38 bits per heavy atom. The minimum Gasteiger partial charge on any atom is -0.0651 e. The highest BCUT2D eigenvalue weighted by atomic mass is 14.1. The van der Waals surface area contributed by atoms with E-state index in [0.29, 0.717) is 0 Å². The van der Waals surface area contributed by atoms with Gasteiger partial charge in [-0.05, 0) is 42.4 Å². The van der Waals surface area contributed by atoms with Crippen LogP contribution in [0.3, 0.4) is 0 Å². The molecule has 0 N–H and O–H groups in total. The van der Waals surface area contributed by atoms with Gasteiger partial charge in [-0.15, -0.1) is 0 Å². The predicted molar refractivity (Wildman–Crippen MR) is 55.7 cm³/mol. The molecule has 0 heterocycles. The molecule has 0 bridgehead atoms. The van der Waals surface area contributed by atoms with Crippen LogP contribution in [-0.4, -0.2) is 0 Å². The minimum absolute atomic E-state index is 1.14. The fourth-order valence-corrected chi connectivity index (χ4v) is 1.95. The van der Waals surface area contributed by atoms with Gasteiger partial charge in [-0.3, -0.25) is 0 Å². The molecule has 68 valence electrons. The van der Waals surface area contributed by atoms with Crippen molar-refractivity contribution in [3.8, 4) is 0 Å². The molecular formula is C13H16. The lowest BCUT2D eigenvalue weighted by Crippen LogP contribution is -2.01. The zero-order chi connectivity index (χ0) is 9.10. The summed E-state index contributed by atoms with van der Waals surface area (Å²) in [6, 6.07) is 6.87. The Labute approximate surface area is 81.0 Å². The lowest BCUT2D eigenvalue weighted by Gasteiger charge is -2.15. The summed E-state index contributed by atoms with van der Waals surface area (Å²) >= 11 is 0. The van der Waals surface area contributed by atoms with Crippen molar-refractivity contribution in [2.24, 2.45) is 0 Å². The predicted octanol–water partition coefficient (Wildman–Crippen LogP) is 3.40. The molecule has 0 amide bonds. The van der Waals surface area contributed by atoms with E-state index in [1.54, 1.807) is 0 Å². The van der Waals surface area contributed by atoms with Gasteiger partial charge in [0.25, 0.3) is 0 Å². The Morgan fingerprint density at radius 2 is 2.31 bits per heavy atom. The monoisotopic (exact) mass is 172 g/mol. The summed E-state index contributed by atoms with van der Waals surface area (Å²) in [5.74, 6) is 0. The van der Waals surface area contributed by atoms with Gasteiger partial charge >= 0.3 is 0 Å². The largest absolute Gasteiger partial charge is 0.0651 e. The third-order valence-corrected chi connectivity index (χ3v) is 2.65. The van der Waals surface area contributed by atoms with Crippen LogP contribution in [-0.2, 0) is 12.8 Å². The lowest BCUT2D eigenvalue weighted by molar-refractivity contribution is 0.772. The molecule has 13 heavy (non-hydrogen) atoms. The molecule has 0 unspecified atom stereocenters. The molecule has 0 fully saturated rings. The standard InChI is InChI=1S/C13H16/c1-2-5-11-8-9-12-6-3-4-7-13(12)10-11/h8-10H,2-6H2,1H3. The van der Waals surface area contributed by atoms with E-state index in [9.17, 15) is 0 Å². The Bertz CT molecular complexity index is 286. The van der Waals surface area contributed by atoms with Crippen LogP contribution in [0.25, 0.3) is 0 Å². The molecule has 0 atom stereocenters. The molecule has 1 aliphatic rings. The summed E-state index contributed by atoms with van der Waals surface area (Å²) in [5.41, 5.74) is 4.33. The van der Waals surface area contributed by atoms with Gasteiger partial charge in [-0.25, -0.2) is 0 Å². The number of hydrogen-bond acceptors (Lipinski definition) is 0. The van der Waals surface area contributed by atoms with Crippen LogP contribution in [0.1, 0.15) is 42.9 Å². The topological polar surface area (TPSA) is 0 Å². The molecular weight excluding hydrogens is 156 g/mol. The van der Waals surface area contributed by atoms with E-state index in [1.165, 1.54) is 42.4 Å². The van der Waals surface area contributed by atoms with E-state index in [1.807, 2.05) is 0 Å². The zero-order valence-electron chi connectivity index (χ0n) is 8.27. The number of hydrogen-bond donors (Lipinski definition) is 0. The highest BCUT2D eigenvalue weighted by Gasteiger charge is 2.09. The normalized spacial score (nSPS) is 15.5. The second kappa shape index (κ2) is 3.95. The fraction of sp³-hybridized carbons (Fsp3) is 0.462. The molecule has 0 saturated heterocycles. The van der Waals surface area contributed by atoms with Crippen molar-refractivity contribution in [3.63, 3.8) is 0 Å². The molecule has 0 spiro atoms. The van der Waals surface area contributed by atoms with Crippen molar-refractivity contribution in [2.75, 3.05) is 0 Å². The van der Waals surface area contributed by atoms with Gasteiger partial charge in [0, 0.05) is 6.42 Å². The maximum atomic E-state index is 3.46. The summed E-state index contributed by atoms with van der Waals surface area (Å²) in [5, 5.41) is 0. The van der Waals surface area contributed by atoms with Crippen molar-refractivity contribution in [1.29, 1.82) is 0 Å². The second-order valence-corrected chi connectivity index (χ2v) is 3.77. The summed E-state index contributed by atoms with van der Waals surface area (Å²) in [4.78, 5) is 0.